The van der Waals surface area contributed by atoms with Crippen molar-refractivity contribution in [2.45, 2.75) is 27.3 Å². The Morgan fingerprint density at radius 3 is 2.28 bits per heavy atom. The Hall–Kier alpha value is -3.46. The lowest BCUT2D eigenvalue weighted by Gasteiger charge is -2.14. The molecule has 3 heteroatoms. The third-order valence-corrected chi connectivity index (χ3v) is 4.70. The molecule has 0 amide bonds. The van der Waals surface area contributed by atoms with Gasteiger partial charge in [0.2, 0.25) is 5.43 Å². The molecule has 0 aliphatic rings. The molecule has 3 aromatic carbocycles. The van der Waals surface area contributed by atoms with Crippen LogP contribution in [0.25, 0.3) is 10.9 Å². The largest absolute Gasteiger partial charge is 0.342 e. The SMILES string of the molecule is CC.Cc1cccc(Cn2cc(C(=O)c3ccccc3)c(=O)c3ccccc32)c1. The third-order valence-electron chi connectivity index (χ3n) is 4.70. The Morgan fingerprint density at radius 2 is 1.55 bits per heavy atom. The van der Waals surface area contributed by atoms with E-state index in [1.807, 2.05) is 48.7 Å². The van der Waals surface area contributed by atoms with Crippen LogP contribution in [0.15, 0.2) is 89.9 Å². The average molecular weight is 383 g/mol. The van der Waals surface area contributed by atoms with Gasteiger partial charge in [-0.05, 0) is 24.6 Å². The fourth-order valence-corrected chi connectivity index (χ4v) is 3.39. The molecule has 4 aromatic rings. The zero-order valence-electron chi connectivity index (χ0n) is 17.1. The minimum Gasteiger partial charge on any atom is -0.342 e. The minimum atomic E-state index is -0.246. The number of para-hydroxylation sites is 1. The van der Waals surface area contributed by atoms with Gasteiger partial charge >= 0.3 is 0 Å². The highest BCUT2D eigenvalue weighted by Crippen LogP contribution is 2.16. The summed E-state index contributed by atoms with van der Waals surface area (Å²) < 4.78 is 1.99. The molecular weight excluding hydrogens is 358 g/mol. The minimum absolute atomic E-state index is 0.201. The van der Waals surface area contributed by atoms with E-state index >= 15 is 0 Å². The number of aromatic nitrogens is 1. The van der Waals surface area contributed by atoms with E-state index in [9.17, 15) is 9.59 Å². The molecule has 4 rings (SSSR count). The van der Waals surface area contributed by atoms with Crippen LogP contribution in [0.3, 0.4) is 0 Å². The van der Waals surface area contributed by atoms with E-state index in [0.717, 1.165) is 11.1 Å². The van der Waals surface area contributed by atoms with Crippen LogP contribution in [0.5, 0.6) is 0 Å². The molecule has 0 N–H and O–H groups in total. The van der Waals surface area contributed by atoms with Crippen LogP contribution in [0.1, 0.15) is 40.9 Å². The summed E-state index contributed by atoms with van der Waals surface area (Å²) in [5.74, 6) is -0.246. The number of hydrogen-bond acceptors (Lipinski definition) is 2. The molecule has 0 atom stereocenters. The van der Waals surface area contributed by atoms with Crippen molar-refractivity contribution in [2.75, 3.05) is 0 Å². The average Bonchev–Trinajstić information content (AvgIpc) is 2.77. The number of nitrogens with zero attached hydrogens (tertiary/aromatic N) is 1. The number of carbonyl (C=O) groups is 1. The second-order valence-electron chi connectivity index (χ2n) is 6.70. The molecule has 0 aliphatic heterocycles. The maximum Gasteiger partial charge on any atom is 0.200 e. The van der Waals surface area contributed by atoms with Crippen molar-refractivity contribution in [1.82, 2.24) is 4.57 Å². The number of hydrogen-bond donors (Lipinski definition) is 0. The number of rotatable bonds is 4. The zero-order valence-corrected chi connectivity index (χ0v) is 17.1. The number of benzene rings is 3. The smallest absolute Gasteiger partial charge is 0.200 e. The molecule has 0 fully saturated rings. The summed E-state index contributed by atoms with van der Waals surface area (Å²) in [5.41, 5.74) is 3.63. The highest BCUT2D eigenvalue weighted by atomic mass is 16.1. The summed E-state index contributed by atoms with van der Waals surface area (Å²) in [5, 5.41) is 0.562. The highest BCUT2D eigenvalue weighted by molar-refractivity contribution is 6.10. The first-order valence-corrected chi connectivity index (χ1v) is 9.91. The number of aryl methyl sites for hydroxylation is 1. The van der Waals surface area contributed by atoms with Crippen LogP contribution >= 0.6 is 0 Å². The van der Waals surface area contributed by atoms with Gasteiger partial charge in [-0.15, -0.1) is 0 Å². The fraction of sp³-hybridized carbons (Fsp3) is 0.154. The number of ketones is 1. The van der Waals surface area contributed by atoms with E-state index in [2.05, 4.69) is 25.1 Å². The molecule has 0 radical (unpaired) electrons. The van der Waals surface area contributed by atoms with Crippen molar-refractivity contribution in [3.05, 3.63) is 118 Å². The van der Waals surface area contributed by atoms with E-state index in [4.69, 9.17) is 0 Å². The molecule has 29 heavy (non-hydrogen) atoms. The van der Waals surface area contributed by atoms with Gasteiger partial charge in [-0.2, -0.15) is 0 Å². The molecule has 3 nitrogen and oxygen atoms in total. The monoisotopic (exact) mass is 383 g/mol. The van der Waals surface area contributed by atoms with E-state index in [1.54, 1.807) is 36.5 Å². The van der Waals surface area contributed by atoms with Crippen molar-refractivity contribution < 1.29 is 4.79 Å². The predicted octanol–water partition coefficient (Wildman–Crippen LogP) is 5.62. The van der Waals surface area contributed by atoms with Crippen LogP contribution in [0, 0.1) is 6.92 Å². The van der Waals surface area contributed by atoms with Gasteiger partial charge in [-0.1, -0.05) is 86.1 Å². The topological polar surface area (TPSA) is 39.1 Å². The predicted molar refractivity (Wildman–Crippen MR) is 120 cm³/mol. The van der Waals surface area contributed by atoms with E-state index < -0.39 is 0 Å². The lowest BCUT2D eigenvalue weighted by Crippen LogP contribution is -2.20. The van der Waals surface area contributed by atoms with Gasteiger partial charge in [-0.3, -0.25) is 9.59 Å². The van der Waals surface area contributed by atoms with Crippen molar-refractivity contribution in [1.29, 1.82) is 0 Å². The lowest BCUT2D eigenvalue weighted by atomic mass is 10.0. The Balaban J connectivity index is 0.00000117. The summed E-state index contributed by atoms with van der Waals surface area (Å²) in [6.45, 7) is 6.65. The van der Waals surface area contributed by atoms with E-state index in [1.165, 1.54) is 5.56 Å². The summed E-state index contributed by atoms with van der Waals surface area (Å²) >= 11 is 0. The van der Waals surface area contributed by atoms with Gasteiger partial charge in [0.25, 0.3) is 0 Å². The highest BCUT2D eigenvalue weighted by Gasteiger charge is 2.17. The standard InChI is InChI=1S/C24H19NO2.C2H6/c1-17-8-7-9-18(14-17)15-25-16-21(23(26)19-10-3-2-4-11-19)24(27)20-12-5-6-13-22(20)25;1-2/h2-14,16H,15H2,1H3;1-2H3. The quantitative estimate of drug-likeness (QED) is 0.429. The van der Waals surface area contributed by atoms with Crippen molar-refractivity contribution in [2.24, 2.45) is 0 Å². The maximum absolute atomic E-state index is 13.0. The zero-order chi connectivity index (χ0) is 20.8. The Labute approximate surface area is 171 Å². The molecule has 0 bridgehead atoms. The normalized spacial score (nSPS) is 10.3. The molecule has 1 aromatic heterocycles. The Bertz CT molecular complexity index is 1190. The van der Waals surface area contributed by atoms with Crippen LogP contribution in [-0.2, 0) is 6.54 Å². The fourth-order valence-electron chi connectivity index (χ4n) is 3.39. The number of carbonyl (C=O) groups excluding carboxylic acids is 1. The van der Waals surface area contributed by atoms with E-state index in [-0.39, 0.29) is 16.8 Å². The summed E-state index contributed by atoms with van der Waals surface area (Å²) in [7, 11) is 0. The first-order chi connectivity index (χ1) is 14.1. The number of fused-ring (bicyclic) bond motifs is 1. The van der Waals surface area contributed by atoms with Crippen molar-refractivity contribution >= 4 is 16.7 Å². The van der Waals surface area contributed by atoms with Crippen molar-refractivity contribution in [3.63, 3.8) is 0 Å². The molecule has 1 heterocycles. The van der Waals surface area contributed by atoms with Crippen LogP contribution in [0.4, 0.5) is 0 Å². The molecule has 0 unspecified atom stereocenters. The molecular formula is C26H25NO2. The lowest BCUT2D eigenvalue weighted by molar-refractivity contribution is 0.103. The van der Waals surface area contributed by atoms with E-state index in [0.29, 0.717) is 17.5 Å². The van der Waals surface area contributed by atoms with Crippen LogP contribution in [-0.4, -0.2) is 10.4 Å². The summed E-state index contributed by atoms with van der Waals surface area (Å²) in [6.07, 6.45) is 1.70. The maximum atomic E-state index is 13.0. The second kappa shape index (κ2) is 9.16. The Morgan fingerprint density at radius 1 is 0.862 bits per heavy atom. The van der Waals surface area contributed by atoms with Crippen molar-refractivity contribution in [3.8, 4) is 0 Å². The van der Waals surface area contributed by atoms with Gasteiger partial charge in [0, 0.05) is 23.7 Å². The van der Waals surface area contributed by atoms with Crippen LogP contribution in [0.2, 0.25) is 0 Å². The molecule has 0 aliphatic carbocycles. The first kappa shape index (κ1) is 20.3. The van der Waals surface area contributed by atoms with Crippen LogP contribution < -0.4 is 5.43 Å². The second-order valence-corrected chi connectivity index (χ2v) is 6.70. The van der Waals surface area contributed by atoms with Gasteiger partial charge in [0.1, 0.15) is 0 Å². The van der Waals surface area contributed by atoms with Gasteiger partial charge in [-0.25, -0.2) is 0 Å². The molecule has 0 spiro atoms. The van der Waals surface area contributed by atoms with Gasteiger partial charge < -0.3 is 4.57 Å². The Kier molecular flexibility index (Phi) is 6.40. The number of pyridine rings is 1. The summed E-state index contributed by atoms with van der Waals surface area (Å²) in [4.78, 5) is 25.9. The van der Waals surface area contributed by atoms with Gasteiger partial charge in [0.15, 0.2) is 5.78 Å². The molecule has 0 saturated heterocycles. The summed E-state index contributed by atoms with van der Waals surface area (Å²) in [6, 6.07) is 24.6. The first-order valence-electron chi connectivity index (χ1n) is 9.91. The third kappa shape index (κ3) is 4.35. The molecule has 0 saturated carbocycles. The molecule has 146 valence electrons. The van der Waals surface area contributed by atoms with Gasteiger partial charge in [0.05, 0.1) is 11.1 Å².